The minimum Gasteiger partial charge on any atom is -0.489 e. The van der Waals surface area contributed by atoms with Gasteiger partial charge in [0.2, 0.25) is 5.95 Å². The van der Waals surface area contributed by atoms with Crippen molar-refractivity contribution in [1.29, 1.82) is 0 Å². The van der Waals surface area contributed by atoms with E-state index in [2.05, 4.69) is 10.2 Å². The summed E-state index contributed by atoms with van der Waals surface area (Å²) in [5.41, 5.74) is 8.97. The Bertz CT molecular complexity index is 923. The van der Waals surface area contributed by atoms with Crippen molar-refractivity contribution in [2.45, 2.75) is 19.4 Å². The van der Waals surface area contributed by atoms with Crippen molar-refractivity contribution in [3.8, 4) is 11.4 Å². The van der Waals surface area contributed by atoms with Gasteiger partial charge in [-0.1, -0.05) is 29.3 Å². The highest BCUT2D eigenvalue weighted by Gasteiger charge is 2.20. The lowest BCUT2D eigenvalue weighted by atomic mass is 10.0. The molecule has 7 heteroatoms. The Kier molecular flexibility index (Phi) is 3.82. The summed E-state index contributed by atoms with van der Waals surface area (Å²) in [5.74, 6) is 2.09. The summed E-state index contributed by atoms with van der Waals surface area (Å²) in [7, 11) is 0. The first-order valence-electron chi connectivity index (χ1n) is 7.51. The second kappa shape index (κ2) is 6.00. The van der Waals surface area contributed by atoms with Crippen molar-refractivity contribution < 1.29 is 4.74 Å². The number of ether oxygens (including phenoxy) is 1. The number of nitrogens with zero attached hydrogens (tertiary/aromatic N) is 3. The molecule has 122 valence electrons. The van der Waals surface area contributed by atoms with Crippen molar-refractivity contribution in [3.05, 3.63) is 63.4 Å². The predicted molar refractivity (Wildman–Crippen MR) is 94.0 cm³/mol. The minimum atomic E-state index is 0.384. The van der Waals surface area contributed by atoms with Crippen LogP contribution in [0.4, 0.5) is 5.95 Å². The summed E-state index contributed by atoms with van der Waals surface area (Å²) in [6.07, 6.45) is 1.69. The Balaban J connectivity index is 1.57. The smallest absolute Gasteiger partial charge is 0.226 e. The quantitative estimate of drug-likeness (QED) is 0.770. The van der Waals surface area contributed by atoms with E-state index in [4.69, 9.17) is 33.7 Å². The number of halogens is 2. The highest BCUT2D eigenvalue weighted by Crippen LogP contribution is 2.30. The molecule has 3 aromatic rings. The number of hydrogen-bond acceptors (Lipinski definition) is 4. The number of nitrogen functional groups attached to an aromatic ring is 1. The zero-order chi connectivity index (χ0) is 16.7. The lowest BCUT2D eigenvalue weighted by Crippen LogP contribution is -2.14. The molecule has 5 nitrogen and oxygen atoms in total. The molecule has 1 aliphatic heterocycles. The Morgan fingerprint density at radius 1 is 1.08 bits per heavy atom. The van der Waals surface area contributed by atoms with Gasteiger partial charge in [0.15, 0.2) is 0 Å². The van der Waals surface area contributed by atoms with Crippen LogP contribution in [0.5, 0.6) is 5.75 Å². The van der Waals surface area contributed by atoms with Crippen LogP contribution in [0.3, 0.4) is 0 Å². The van der Waals surface area contributed by atoms with Gasteiger partial charge in [-0.05, 0) is 42.3 Å². The topological polar surface area (TPSA) is 66.0 Å². The van der Waals surface area contributed by atoms with Gasteiger partial charge in [0.1, 0.15) is 18.2 Å². The molecule has 0 radical (unpaired) electrons. The number of rotatable bonds is 3. The van der Waals surface area contributed by atoms with E-state index in [0.29, 0.717) is 22.6 Å². The standard InChI is InChI=1S/C17H14Cl2N4O/c18-12-3-1-11(14(19)8-12)9-24-13-4-5-15-10(7-13)2-6-16-21-22-17(20)23(15)16/h1,3-5,7-8H,2,6,9H2,(H2,20,22). The van der Waals surface area contributed by atoms with Gasteiger partial charge in [0.25, 0.3) is 0 Å². The van der Waals surface area contributed by atoms with Crippen molar-refractivity contribution in [1.82, 2.24) is 14.8 Å². The normalized spacial score (nSPS) is 12.6. The fourth-order valence-electron chi connectivity index (χ4n) is 2.87. The van der Waals surface area contributed by atoms with Crippen LogP contribution in [-0.4, -0.2) is 14.8 Å². The molecule has 0 atom stereocenters. The van der Waals surface area contributed by atoms with Gasteiger partial charge in [-0.2, -0.15) is 0 Å². The highest BCUT2D eigenvalue weighted by molar-refractivity contribution is 6.35. The largest absolute Gasteiger partial charge is 0.489 e. The Morgan fingerprint density at radius 3 is 2.79 bits per heavy atom. The number of anilines is 1. The monoisotopic (exact) mass is 360 g/mol. The van der Waals surface area contributed by atoms with Crippen molar-refractivity contribution in [2.24, 2.45) is 0 Å². The van der Waals surface area contributed by atoms with Gasteiger partial charge >= 0.3 is 0 Å². The fourth-order valence-corrected chi connectivity index (χ4v) is 3.33. The first-order valence-corrected chi connectivity index (χ1v) is 8.27. The lowest BCUT2D eigenvalue weighted by Gasteiger charge is -2.19. The van der Waals surface area contributed by atoms with Crippen LogP contribution < -0.4 is 10.5 Å². The fraction of sp³-hybridized carbons (Fsp3) is 0.176. The maximum atomic E-state index is 6.18. The van der Waals surface area contributed by atoms with E-state index < -0.39 is 0 Å². The number of fused-ring (bicyclic) bond motifs is 3. The molecule has 0 unspecified atom stereocenters. The summed E-state index contributed by atoms with van der Waals surface area (Å²) in [5, 5.41) is 9.26. The summed E-state index contributed by atoms with van der Waals surface area (Å²) in [4.78, 5) is 0. The van der Waals surface area contributed by atoms with Gasteiger partial charge in [-0.3, -0.25) is 4.57 Å². The third kappa shape index (κ3) is 2.70. The third-order valence-corrected chi connectivity index (χ3v) is 4.66. The van der Waals surface area contributed by atoms with Gasteiger partial charge in [-0.25, -0.2) is 0 Å². The van der Waals surface area contributed by atoms with Gasteiger partial charge in [-0.15, -0.1) is 10.2 Å². The summed E-state index contributed by atoms with van der Waals surface area (Å²) in [6, 6.07) is 11.3. The van der Waals surface area contributed by atoms with E-state index in [1.165, 1.54) is 0 Å². The van der Waals surface area contributed by atoms with E-state index in [9.17, 15) is 0 Å². The molecule has 0 bridgehead atoms. The molecule has 1 aromatic heterocycles. The van der Waals surface area contributed by atoms with E-state index in [0.717, 1.165) is 41.2 Å². The van der Waals surface area contributed by atoms with Crippen LogP contribution in [0.2, 0.25) is 10.0 Å². The number of aryl methyl sites for hydroxylation is 2. The van der Waals surface area contributed by atoms with E-state index >= 15 is 0 Å². The van der Waals surface area contributed by atoms with Gasteiger partial charge < -0.3 is 10.5 Å². The van der Waals surface area contributed by atoms with Crippen LogP contribution in [0.25, 0.3) is 5.69 Å². The number of aromatic nitrogens is 3. The second-order valence-corrected chi connectivity index (χ2v) is 6.47. The van der Waals surface area contributed by atoms with E-state index in [1.54, 1.807) is 12.1 Å². The molecule has 0 saturated heterocycles. The van der Waals surface area contributed by atoms with Crippen LogP contribution >= 0.6 is 23.2 Å². The number of benzene rings is 2. The molecule has 0 saturated carbocycles. The first-order chi connectivity index (χ1) is 11.6. The average Bonchev–Trinajstić information content (AvgIpc) is 2.95. The van der Waals surface area contributed by atoms with E-state index in [1.807, 2.05) is 28.8 Å². The van der Waals surface area contributed by atoms with Crippen molar-refractivity contribution in [2.75, 3.05) is 5.73 Å². The molecule has 0 fully saturated rings. The van der Waals surface area contributed by atoms with Crippen LogP contribution in [0.1, 0.15) is 17.0 Å². The van der Waals surface area contributed by atoms with Crippen LogP contribution in [0.15, 0.2) is 36.4 Å². The second-order valence-electron chi connectivity index (χ2n) is 5.62. The Labute approximate surface area is 149 Å². The first kappa shape index (κ1) is 15.3. The zero-order valence-electron chi connectivity index (χ0n) is 12.7. The molecule has 2 N–H and O–H groups in total. The SMILES string of the molecule is Nc1nnc2n1-c1ccc(OCc3ccc(Cl)cc3Cl)cc1CC2. The summed E-state index contributed by atoms with van der Waals surface area (Å²) < 4.78 is 7.77. The number of nitrogens with two attached hydrogens (primary N) is 1. The highest BCUT2D eigenvalue weighted by atomic mass is 35.5. The minimum absolute atomic E-state index is 0.384. The molecular weight excluding hydrogens is 347 g/mol. The molecule has 0 aliphatic carbocycles. The molecule has 4 rings (SSSR count). The maximum Gasteiger partial charge on any atom is 0.226 e. The summed E-state index contributed by atoms with van der Waals surface area (Å²) in [6.45, 7) is 0.384. The van der Waals surface area contributed by atoms with Gasteiger partial charge in [0, 0.05) is 22.0 Å². The Morgan fingerprint density at radius 2 is 1.96 bits per heavy atom. The third-order valence-electron chi connectivity index (χ3n) is 4.07. The summed E-state index contributed by atoms with van der Waals surface area (Å²) >= 11 is 12.1. The van der Waals surface area contributed by atoms with Gasteiger partial charge in [0.05, 0.1) is 5.69 Å². The molecule has 2 heterocycles. The lowest BCUT2D eigenvalue weighted by molar-refractivity contribution is 0.306. The number of hydrogen-bond donors (Lipinski definition) is 1. The predicted octanol–water partition coefficient (Wildman–Crippen LogP) is 3.83. The molecule has 2 aromatic carbocycles. The molecule has 1 aliphatic rings. The zero-order valence-corrected chi connectivity index (χ0v) is 14.2. The molecule has 24 heavy (non-hydrogen) atoms. The van der Waals surface area contributed by atoms with Crippen molar-refractivity contribution >= 4 is 29.2 Å². The molecule has 0 amide bonds. The van der Waals surface area contributed by atoms with Crippen LogP contribution in [-0.2, 0) is 19.4 Å². The molecular formula is C17H14Cl2N4O. The molecule has 0 spiro atoms. The average molecular weight is 361 g/mol. The maximum absolute atomic E-state index is 6.18. The van der Waals surface area contributed by atoms with Crippen LogP contribution in [0, 0.1) is 0 Å². The van der Waals surface area contributed by atoms with Crippen molar-refractivity contribution in [3.63, 3.8) is 0 Å². The Hall–Kier alpha value is -2.24. The van der Waals surface area contributed by atoms with E-state index in [-0.39, 0.29) is 0 Å².